The molecule has 2 aliphatic heterocycles. The number of imide groups is 1. The van der Waals surface area contributed by atoms with E-state index in [1.54, 1.807) is 19.9 Å². The number of hydrogen-bond acceptors (Lipinski definition) is 7. The van der Waals surface area contributed by atoms with E-state index in [0.29, 0.717) is 11.3 Å². The van der Waals surface area contributed by atoms with E-state index in [9.17, 15) is 27.6 Å². The molecule has 10 nitrogen and oxygen atoms in total. The minimum Gasteiger partial charge on any atom is -0.406 e. The third-order valence-corrected chi connectivity index (χ3v) is 6.63. The molecule has 0 aliphatic carbocycles. The lowest BCUT2D eigenvalue weighted by Crippen LogP contribution is -2.47. The number of benzene rings is 1. The third-order valence-electron chi connectivity index (χ3n) is 6.63. The van der Waals surface area contributed by atoms with E-state index in [4.69, 9.17) is 0 Å². The highest BCUT2D eigenvalue weighted by molar-refractivity contribution is 6.23. The zero-order chi connectivity index (χ0) is 27.7. The van der Waals surface area contributed by atoms with E-state index in [1.807, 2.05) is 7.05 Å². The molecule has 2 aromatic rings. The van der Waals surface area contributed by atoms with Gasteiger partial charge < -0.3 is 19.9 Å². The fourth-order valence-electron chi connectivity index (χ4n) is 4.37. The number of anilines is 2. The summed E-state index contributed by atoms with van der Waals surface area (Å²) in [6.45, 7) is 6.69. The van der Waals surface area contributed by atoms with Crippen LogP contribution in [0.15, 0.2) is 42.7 Å². The van der Waals surface area contributed by atoms with Gasteiger partial charge in [-0.1, -0.05) is 0 Å². The van der Waals surface area contributed by atoms with Crippen molar-refractivity contribution in [3.8, 4) is 5.75 Å². The number of pyridine rings is 1. The highest BCUT2D eigenvalue weighted by Gasteiger charge is 2.52. The van der Waals surface area contributed by atoms with Gasteiger partial charge in [-0.2, -0.15) is 0 Å². The Hall–Kier alpha value is -3.71. The number of rotatable bonds is 7. The Morgan fingerprint density at radius 1 is 1.08 bits per heavy atom. The van der Waals surface area contributed by atoms with Gasteiger partial charge in [0.1, 0.15) is 11.3 Å². The van der Waals surface area contributed by atoms with Gasteiger partial charge in [-0.05, 0) is 56.8 Å². The summed E-state index contributed by atoms with van der Waals surface area (Å²) in [5.41, 5.74) is -0.144. The largest absolute Gasteiger partial charge is 0.573 e. The number of urea groups is 1. The van der Waals surface area contributed by atoms with Crippen molar-refractivity contribution < 1.29 is 32.3 Å². The smallest absolute Gasteiger partial charge is 0.406 e. The number of hydrogen-bond donors (Lipinski definition) is 1. The second-order valence-corrected chi connectivity index (χ2v) is 9.77. The molecule has 3 heterocycles. The minimum absolute atomic E-state index is 0.00398. The Labute approximate surface area is 217 Å². The number of aromatic nitrogens is 1. The Morgan fingerprint density at radius 3 is 2.37 bits per heavy atom. The molecule has 4 amide bonds. The Bertz CT molecular complexity index is 1200. The van der Waals surface area contributed by atoms with Gasteiger partial charge in [-0.3, -0.25) is 19.5 Å². The van der Waals surface area contributed by atoms with Crippen LogP contribution in [0.3, 0.4) is 0 Å². The number of nitrogens with zero attached hydrogens (tertiary/aromatic N) is 5. The maximum atomic E-state index is 13.4. The fourth-order valence-corrected chi connectivity index (χ4v) is 4.37. The molecule has 2 fully saturated rings. The minimum atomic E-state index is -4.86. The molecule has 38 heavy (non-hydrogen) atoms. The highest BCUT2D eigenvalue weighted by atomic mass is 19.4. The van der Waals surface area contributed by atoms with Crippen LogP contribution >= 0.6 is 0 Å². The molecule has 0 radical (unpaired) electrons. The van der Waals surface area contributed by atoms with Crippen LogP contribution in [0.1, 0.15) is 19.4 Å². The average Bonchev–Trinajstić information content (AvgIpc) is 3.00. The van der Waals surface area contributed by atoms with Gasteiger partial charge in [0.25, 0.3) is 5.91 Å². The van der Waals surface area contributed by atoms with Crippen molar-refractivity contribution in [2.45, 2.75) is 32.3 Å². The summed E-state index contributed by atoms with van der Waals surface area (Å²) in [5, 5.41) is 2.87. The van der Waals surface area contributed by atoms with Crippen LogP contribution in [-0.4, -0.2) is 89.2 Å². The number of carbonyl (C=O) groups is 3. The van der Waals surface area contributed by atoms with Crippen LogP contribution < -0.4 is 15.0 Å². The number of piperazine rings is 1. The van der Waals surface area contributed by atoms with Gasteiger partial charge in [0.2, 0.25) is 5.91 Å². The van der Waals surface area contributed by atoms with Crippen molar-refractivity contribution in [1.82, 2.24) is 19.7 Å². The molecule has 4 rings (SSSR count). The molecular formula is C25H29F3N6O4. The molecule has 2 aliphatic rings. The first-order valence-electron chi connectivity index (χ1n) is 12.0. The topological polar surface area (TPSA) is 98.3 Å². The van der Waals surface area contributed by atoms with Crippen LogP contribution in [0.25, 0.3) is 0 Å². The molecule has 204 valence electrons. The highest BCUT2D eigenvalue weighted by Crippen LogP contribution is 2.35. The summed E-state index contributed by atoms with van der Waals surface area (Å²) in [5.74, 6) is -1.22. The van der Waals surface area contributed by atoms with Crippen LogP contribution in [0.4, 0.5) is 29.3 Å². The molecule has 1 aromatic carbocycles. The molecule has 13 heteroatoms. The normalized spacial score (nSPS) is 18.7. The van der Waals surface area contributed by atoms with E-state index < -0.39 is 29.6 Å². The lowest BCUT2D eigenvalue weighted by molar-refractivity contribution is -0.274. The van der Waals surface area contributed by atoms with Gasteiger partial charge in [0.05, 0.1) is 30.7 Å². The van der Waals surface area contributed by atoms with E-state index in [2.05, 4.69) is 24.8 Å². The second-order valence-electron chi connectivity index (χ2n) is 9.77. The number of carbonyl (C=O) groups excluding carboxylic acids is 3. The van der Waals surface area contributed by atoms with Gasteiger partial charge in [-0.25, -0.2) is 9.69 Å². The monoisotopic (exact) mass is 534 g/mol. The van der Waals surface area contributed by atoms with E-state index >= 15 is 0 Å². The number of likely N-dealkylation sites (N-methyl/N-ethyl adjacent to an activating group) is 1. The molecular weight excluding hydrogens is 505 g/mol. The Morgan fingerprint density at radius 2 is 1.74 bits per heavy atom. The maximum absolute atomic E-state index is 13.4. The van der Waals surface area contributed by atoms with Crippen LogP contribution in [0, 0.1) is 0 Å². The number of alkyl halides is 3. The van der Waals surface area contributed by atoms with Gasteiger partial charge in [0, 0.05) is 32.4 Å². The first kappa shape index (κ1) is 27.3. The SMILES string of the molecule is CN1CCN(CC(=O)Nc2cnccc2CN2C(=O)N(c3ccc(OC(F)(F)F)cc3)C(=O)C2(C)C)CC1. The van der Waals surface area contributed by atoms with Crippen molar-refractivity contribution in [2.75, 3.05) is 50.0 Å². The summed E-state index contributed by atoms with van der Waals surface area (Å²) < 4.78 is 41.3. The zero-order valence-corrected chi connectivity index (χ0v) is 21.3. The summed E-state index contributed by atoms with van der Waals surface area (Å²) in [6.07, 6.45) is -1.84. The zero-order valence-electron chi connectivity index (χ0n) is 21.3. The maximum Gasteiger partial charge on any atom is 0.573 e. The van der Waals surface area contributed by atoms with E-state index in [0.717, 1.165) is 43.2 Å². The van der Waals surface area contributed by atoms with Crippen molar-refractivity contribution in [3.05, 3.63) is 48.3 Å². The number of amides is 4. The van der Waals surface area contributed by atoms with Crippen LogP contribution in [-0.2, 0) is 16.1 Å². The van der Waals surface area contributed by atoms with Gasteiger partial charge in [-0.15, -0.1) is 13.2 Å². The van der Waals surface area contributed by atoms with Crippen LogP contribution in [0.5, 0.6) is 5.75 Å². The van der Waals surface area contributed by atoms with Crippen molar-refractivity contribution in [1.29, 1.82) is 0 Å². The quantitative estimate of drug-likeness (QED) is 0.546. The molecule has 0 spiro atoms. The predicted octanol–water partition coefficient (Wildman–Crippen LogP) is 2.91. The standard InChI is InChI=1S/C25H29F3N6O4/c1-24(2)22(36)34(18-4-6-19(7-5-18)38-25(26,27)28)23(37)33(24)15-17-8-9-29-14-20(17)30-21(35)16-32-12-10-31(3)11-13-32/h4-9,14H,10-13,15-16H2,1-3H3,(H,30,35). The molecule has 2 saturated heterocycles. The third kappa shape index (κ3) is 6.05. The first-order valence-corrected chi connectivity index (χ1v) is 12.0. The second kappa shape index (κ2) is 10.6. The van der Waals surface area contributed by atoms with Gasteiger partial charge >= 0.3 is 12.4 Å². The first-order chi connectivity index (χ1) is 17.8. The molecule has 0 unspecified atom stereocenters. The van der Waals surface area contributed by atoms with E-state index in [-0.39, 0.29) is 24.7 Å². The number of nitrogens with one attached hydrogen (secondary N) is 1. The number of halogens is 3. The lowest BCUT2D eigenvalue weighted by atomic mass is 10.0. The molecule has 1 aromatic heterocycles. The van der Waals surface area contributed by atoms with Crippen molar-refractivity contribution >= 4 is 29.2 Å². The summed E-state index contributed by atoms with van der Waals surface area (Å²) in [7, 11) is 2.03. The average molecular weight is 535 g/mol. The molecule has 0 saturated carbocycles. The summed E-state index contributed by atoms with van der Waals surface area (Å²) >= 11 is 0. The fraction of sp³-hybridized carbons (Fsp3) is 0.440. The molecule has 0 atom stereocenters. The summed E-state index contributed by atoms with van der Waals surface area (Å²) in [4.78, 5) is 49.9. The van der Waals surface area contributed by atoms with Gasteiger partial charge in [0.15, 0.2) is 0 Å². The van der Waals surface area contributed by atoms with E-state index in [1.165, 1.54) is 29.4 Å². The Balaban J connectivity index is 1.48. The van der Waals surface area contributed by atoms with Crippen molar-refractivity contribution in [2.24, 2.45) is 0 Å². The van der Waals surface area contributed by atoms with Crippen LogP contribution in [0.2, 0.25) is 0 Å². The van der Waals surface area contributed by atoms with Crippen molar-refractivity contribution in [3.63, 3.8) is 0 Å². The molecule has 1 N–H and O–H groups in total. The number of ether oxygens (including phenoxy) is 1. The lowest BCUT2D eigenvalue weighted by Gasteiger charge is -2.32. The molecule has 0 bridgehead atoms. The Kier molecular flexibility index (Phi) is 7.61. The predicted molar refractivity (Wildman–Crippen MR) is 132 cm³/mol. The summed E-state index contributed by atoms with van der Waals surface area (Å²) in [6, 6.07) is 5.52.